The molecule has 0 radical (unpaired) electrons. The van der Waals surface area contributed by atoms with Crippen LogP contribution in [0.3, 0.4) is 0 Å². The van der Waals surface area contributed by atoms with Gasteiger partial charge in [-0.25, -0.2) is 0 Å². The van der Waals surface area contributed by atoms with Crippen LogP contribution in [0.25, 0.3) is 0 Å². The number of amides is 1. The number of oxime groups is 1. The molecular formula is C8H18N4O2. The topological polar surface area (TPSA) is 99.7 Å². The van der Waals surface area contributed by atoms with Crippen molar-refractivity contribution in [2.45, 2.75) is 26.3 Å². The number of carbonyl (C=O) groups excluding carboxylic acids is 1. The number of nitrogens with two attached hydrogens (primary N) is 1. The molecule has 0 saturated heterocycles. The van der Waals surface area contributed by atoms with E-state index in [1.54, 1.807) is 6.92 Å². The van der Waals surface area contributed by atoms with Crippen molar-refractivity contribution in [2.75, 3.05) is 13.1 Å². The number of nitrogens with zero attached hydrogens (tertiary/aromatic N) is 1. The lowest BCUT2D eigenvalue weighted by atomic mass is 10.3. The van der Waals surface area contributed by atoms with Crippen LogP contribution in [0.4, 0.5) is 0 Å². The second kappa shape index (κ2) is 7.14. The Balaban J connectivity index is 3.72. The van der Waals surface area contributed by atoms with Gasteiger partial charge in [-0.1, -0.05) is 12.1 Å². The molecule has 1 unspecified atom stereocenters. The van der Waals surface area contributed by atoms with Crippen molar-refractivity contribution < 1.29 is 10.0 Å². The van der Waals surface area contributed by atoms with Gasteiger partial charge in [0.15, 0.2) is 5.84 Å². The fourth-order valence-electron chi connectivity index (χ4n) is 0.787. The molecule has 0 aromatic carbocycles. The van der Waals surface area contributed by atoms with Crippen LogP contribution in [0.15, 0.2) is 5.16 Å². The fraction of sp³-hybridized carbons (Fsp3) is 0.750. The monoisotopic (exact) mass is 202 g/mol. The quantitative estimate of drug-likeness (QED) is 0.197. The van der Waals surface area contributed by atoms with E-state index in [0.29, 0.717) is 6.54 Å². The van der Waals surface area contributed by atoms with Gasteiger partial charge in [-0.05, 0) is 13.3 Å². The van der Waals surface area contributed by atoms with Crippen molar-refractivity contribution in [2.24, 2.45) is 10.9 Å². The number of amidine groups is 1. The zero-order valence-corrected chi connectivity index (χ0v) is 8.58. The van der Waals surface area contributed by atoms with E-state index in [1.165, 1.54) is 0 Å². The normalized spacial score (nSPS) is 13.7. The molecule has 5 N–H and O–H groups in total. The van der Waals surface area contributed by atoms with Gasteiger partial charge in [0.05, 0.1) is 12.6 Å². The first-order valence-electron chi connectivity index (χ1n) is 4.59. The summed E-state index contributed by atoms with van der Waals surface area (Å²) < 4.78 is 0. The third-order valence-corrected chi connectivity index (χ3v) is 1.66. The van der Waals surface area contributed by atoms with E-state index in [4.69, 9.17) is 10.9 Å². The van der Waals surface area contributed by atoms with Crippen LogP contribution in [0, 0.1) is 0 Å². The summed E-state index contributed by atoms with van der Waals surface area (Å²) in [6.45, 7) is 4.55. The van der Waals surface area contributed by atoms with Crippen LogP contribution in [0.2, 0.25) is 0 Å². The Morgan fingerprint density at radius 2 is 2.29 bits per heavy atom. The van der Waals surface area contributed by atoms with Gasteiger partial charge in [0.1, 0.15) is 0 Å². The summed E-state index contributed by atoms with van der Waals surface area (Å²) in [4.78, 5) is 11.3. The number of hydrogen-bond donors (Lipinski definition) is 4. The summed E-state index contributed by atoms with van der Waals surface area (Å²) in [5, 5.41) is 16.6. The standard InChI is InChI=1S/C8H18N4O2/c1-3-4-10-8(13)6(2)11-5-7(9)12-14/h6,11,14H,3-5H2,1-2H3,(H2,9,12)(H,10,13). The van der Waals surface area contributed by atoms with Gasteiger partial charge in [0, 0.05) is 6.54 Å². The van der Waals surface area contributed by atoms with E-state index < -0.39 is 0 Å². The molecule has 0 heterocycles. The summed E-state index contributed by atoms with van der Waals surface area (Å²) in [6.07, 6.45) is 0.901. The molecule has 0 aromatic rings. The van der Waals surface area contributed by atoms with E-state index in [2.05, 4.69) is 15.8 Å². The maximum absolute atomic E-state index is 11.3. The highest BCUT2D eigenvalue weighted by Crippen LogP contribution is 1.82. The smallest absolute Gasteiger partial charge is 0.236 e. The average molecular weight is 202 g/mol. The van der Waals surface area contributed by atoms with Crippen molar-refractivity contribution in [3.8, 4) is 0 Å². The lowest BCUT2D eigenvalue weighted by molar-refractivity contribution is -0.122. The van der Waals surface area contributed by atoms with Crippen molar-refractivity contribution in [1.29, 1.82) is 0 Å². The number of nitrogens with one attached hydrogen (secondary N) is 2. The van der Waals surface area contributed by atoms with E-state index >= 15 is 0 Å². The van der Waals surface area contributed by atoms with E-state index in [0.717, 1.165) is 6.42 Å². The average Bonchev–Trinajstić information content (AvgIpc) is 2.21. The first-order chi connectivity index (χ1) is 6.61. The molecule has 0 aliphatic heterocycles. The summed E-state index contributed by atoms with van der Waals surface area (Å²) >= 11 is 0. The summed E-state index contributed by atoms with van der Waals surface area (Å²) in [7, 11) is 0. The summed E-state index contributed by atoms with van der Waals surface area (Å²) in [5.41, 5.74) is 5.23. The van der Waals surface area contributed by atoms with Crippen LogP contribution >= 0.6 is 0 Å². The van der Waals surface area contributed by atoms with E-state index in [1.807, 2.05) is 6.92 Å². The van der Waals surface area contributed by atoms with E-state index in [-0.39, 0.29) is 24.3 Å². The SMILES string of the molecule is CCCNC(=O)C(C)NCC(N)=NO. The van der Waals surface area contributed by atoms with Gasteiger partial charge in [-0.2, -0.15) is 0 Å². The molecule has 1 amide bonds. The second-order valence-corrected chi connectivity index (χ2v) is 2.98. The highest BCUT2D eigenvalue weighted by atomic mass is 16.4. The first kappa shape index (κ1) is 12.7. The Labute approximate surface area is 83.5 Å². The molecule has 6 heteroatoms. The number of carbonyl (C=O) groups is 1. The molecule has 6 nitrogen and oxygen atoms in total. The lowest BCUT2D eigenvalue weighted by Crippen LogP contribution is -2.45. The maximum atomic E-state index is 11.3. The van der Waals surface area contributed by atoms with Crippen LogP contribution < -0.4 is 16.4 Å². The fourth-order valence-corrected chi connectivity index (χ4v) is 0.787. The molecule has 14 heavy (non-hydrogen) atoms. The molecule has 1 atom stereocenters. The van der Waals surface area contributed by atoms with Crippen molar-refractivity contribution in [3.63, 3.8) is 0 Å². The van der Waals surface area contributed by atoms with Crippen molar-refractivity contribution >= 4 is 11.7 Å². The Hall–Kier alpha value is -1.30. The molecule has 0 saturated carbocycles. The Morgan fingerprint density at radius 3 is 2.79 bits per heavy atom. The molecule has 0 fully saturated rings. The number of rotatable bonds is 6. The third-order valence-electron chi connectivity index (χ3n) is 1.66. The van der Waals surface area contributed by atoms with Crippen molar-refractivity contribution in [3.05, 3.63) is 0 Å². The largest absolute Gasteiger partial charge is 0.409 e. The summed E-state index contributed by atoms with van der Waals surface area (Å²) in [5.74, 6) is -0.0299. The molecule has 0 aromatic heterocycles. The second-order valence-electron chi connectivity index (χ2n) is 2.98. The van der Waals surface area contributed by atoms with Gasteiger partial charge < -0.3 is 16.3 Å². The molecule has 0 bridgehead atoms. The van der Waals surface area contributed by atoms with Crippen LogP contribution in [-0.2, 0) is 4.79 Å². The highest BCUT2D eigenvalue weighted by Gasteiger charge is 2.10. The molecule has 0 spiro atoms. The summed E-state index contributed by atoms with van der Waals surface area (Å²) in [6, 6.07) is -0.346. The van der Waals surface area contributed by atoms with Gasteiger partial charge in [0.25, 0.3) is 0 Å². The predicted octanol–water partition coefficient (Wildman–Crippen LogP) is -0.763. The van der Waals surface area contributed by atoms with Gasteiger partial charge in [-0.15, -0.1) is 0 Å². The maximum Gasteiger partial charge on any atom is 0.236 e. The van der Waals surface area contributed by atoms with Crippen molar-refractivity contribution in [1.82, 2.24) is 10.6 Å². The third kappa shape index (κ3) is 5.36. The van der Waals surface area contributed by atoms with Gasteiger partial charge >= 0.3 is 0 Å². The first-order valence-corrected chi connectivity index (χ1v) is 4.59. The Morgan fingerprint density at radius 1 is 1.64 bits per heavy atom. The zero-order chi connectivity index (χ0) is 11.0. The van der Waals surface area contributed by atoms with Crippen LogP contribution in [0.5, 0.6) is 0 Å². The Bertz CT molecular complexity index is 206. The Kier molecular flexibility index (Phi) is 6.47. The van der Waals surface area contributed by atoms with Crippen LogP contribution in [-0.4, -0.2) is 36.1 Å². The minimum atomic E-state index is -0.346. The highest BCUT2D eigenvalue weighted by molar-refractivity contribution is 5.84. The minimum absolute atomic E-state index is 0.0557. The lowest BCUT2D eigenvalue weighted by Gasteiger charge is -2.12. The molecule has 82 valence electrons. The molecule has 0 rings (SSSR count). The van der Waals surface area contributed by atoms with E-state index in [9.17, 15) is 4.79 Å². The molecular weight excluding hydrogens is 184 g/mol. The molecule has 0 aliphatic carbocycles. The van der Waals surface area contributed by atoms with Gasteiger partial charge in [0.2, 0.25) is 5.91 Å². The molecule has 0 aliphatic rings. The van der Waals surface area contributed by atoms with Crippen LogP contribution in [0.1, 0.15) is 20.3 Å². The number of hydrogen-bond acceptors (Lipinski definition) is 4. The van der Waals surface area contributed by atoms with Gasteiger partial charge in [-0.3, -0.25) is 10.1 Å². The zero-order valence-electron chi connectivity index (χ0n) is 8.58. The predicted molar refractivity (Wildman–Crippen MR) is 54.2 cm³/mol. The minimum Gasteiger partial charge on any atom is -0.409 e.